The van der Waals surface area contributed by atoms with Crippen molar-refractivity contribution in [2.75, 3.05) is 36.4 Å². The van der Waals surface area contributed by atoms with Gasteiger partial charge >= 0.3 is 6.03 Å². The van der Waals surface area contributed by atoms with Gasteiger partial charge in [0.25, 0.3) is 0 Å². The second kappa shape index (κ2) is 7.92. The molecule has 0 atom stereocenters. The molecule has 0 aromatic heterocycles. The number of hydrogen-bond donors (Lipinski definition) is 1. The predicted molar refractivity (Wildman–Crippen MR) is 101 cm³/mol. The van der Waals surface area contributed by atoms with Gasteiger partial charge in [-0.25, -0.2) is 4.79 Å². The summed E-state index contributed by atoms with van der Waals surface area (Å²) in [6.45, 7) is 7.12. The van der Waals surface area contributed by atoms with Gasteiger partial charge in [0.2, 0.25) is 0 Å². The number of benzene rings is 2. The van der Waals surface area contributed by atoms with E-state index < -0.39 is 0 Å². The lowest BCUT2D eigenvalue weighted by molar-refractivity contribution is 0.208. The first-order valence-electron chi connectivity index (χ1n) is 8.74. The summed E-state index contributed by atoms with van der Waals surface area (Å²) < 4.78 is 5.68. The first-order valence-corrected chi connectivity index (χ1v) is 8.74. The molecule has 1 fully saturated rings. The van der Waals surface area contributed by atoms with Crippen LogP contribution < -0.4 is 15.0 Å². The van der Waals surface area contributed by atoms with E-state index in [0.29, 0.717) is 13.1 Å². The van der Waals surface area contributed by atoms with Crippen LogP contribution in [0.15, 0.2) is 54.6 Å². The van der Waals surface area contributed by atoms with Gasteiger partial charge in [-0.15, -0.1) is 0 Å². The number of rotatable bonds is 4. The van der Waals surface area contributed by atoms with Crippen LogP contribution >= 0.6 is 0 Å². The largest absolute Gasteiger partial charge is 0.491 e. The zero-order valence-electron chi connectivity index (χ0n) is 14.8. The van der Waals surface area contributed by atoms with Crippen LogP contribution in [0.4, 0.5) is 16.2 Å². The second-order valence-corrected chi connectivity index (χ2v) is 6.43. The van der Waals surface area contributed by atoms with Gasteiger partial charge < -0.3 is 19.9 Å². The number of piperazine rings is 1. The van der Waals surface area contributed by atoms with E-state index in [1.807, 2.05) is 61.2 Å². The Labute approximate surface area is 149 Å². The monoisotopic (exact) mass is 339 g/mol. The van der Waals surface area contributed by atoms with E-state index in [1.165, 1.54) is 5.69 Å². The Morgan fingerprint density at radius 1 is 0.960 bits per heavy atom. The Kier molecular flexibility index (Phi) is 5.43. The van der Waals surface area contributed by atoms with Gasteiger partial charge in [-0.05, 0) is 50.2 Å². The molecule has 0 spiro atoms. The van der Waals surface area contributed by atoms with Crippen LogP contribution in [0.5, 0.6) is 5.75 Å². The fourth-order valence-corrected chi connectivity index (χ4v) is 2.90. The fourth-order valence-electron chi connectivity index (χ4n) is 2.90. The number of hydrogen-bond acceptors (Lipinski definition) is 3. The molecule has 5 heteroatoms. The number of nitrogens with one attached hydrogen (secondary N) is 1. The van der Waals surface area contributed by atoms with Gasteiger partial charge in [-0.2, -0.15) is 0 Å². The smallest absolute Gasteiger partial charge is 0.321 e. The SMILES string of the molecule is CC(C)Oc1ccc(N2CCN(C(=O)Nc3ccccc3)CC2)cc1. The van der Waals surface area contributed by atoms with Crippen LogP contribution in [0.3, 0.4) is 0 Å². The zero-order chi connectivity index (χ0) is 17.6. The molecule has 132 valence electrons. The molecule has 0 radical (unpaired) electrons. The minimum Gasteiger partial charge on any atom is -0.491 e. The number of carbonyl (C=O) groups excluding carboxylic acids is 1. The summed E-state index contributed by atoms with van der Waals surface area (Å²) >= 11 is 0. The summed E-state index contributed by atoms with van der Waals surface area (Å²) in [7, 11) is 0. The molecular weight excluding hydrogens is 314 g/mol. The summed E-state index contributed by atoms with van der Waals surface area (Å²) in [4.78, 5) is 16.5. The minimum absolute atomic E-state index is 0.0356. The van der Waals surface area contributed by atoms with Crippen LogP contribution in [-0.4, -0.2) is 43.2 Å². The fraction of sp³-hybridized carbons (Fsp3) is 0.350. The molecule has 0 aliphatic carbocycles. The first kappa shape index (κ1) is 17.1. The third-order valence-electron chi connectivity index (χ3n) is 4.17. The van der Waals surface area contributed by atoms with Gasteiger partial charge in [-0.3, -0.25) is 0 Å². The molecule has 2 amide bonds. The molecule has 0 saturated carbocycles. The van der Waals surface area contributed by atoms with Gasteiger partial charge in [0.05, 0.1) is 6.10 Å². The lowest BCUT2D eigenvalue weighted by Crippen LogP contribution is -2.50. The topological polar surface area (TPSA) is 44.8 Å². The molecule has 1 N–H and O–H groups in total. The second-order valence-electron chi connectivity index (χ2n) is 6.43. The van der Waals surface area contributed by atoms with Crippen molar-refractivity contribution < 1.29 is 9.53 Å². The lowest BCUT2D eigenvalue weighted by Gasteiger charge is -2.36. The standard InChI is InChI=1S/C20H25N3O2/c1-16(2)25-19-10-8-18(9-11-19)22-12-14-23(15-13-22)20(24)21-17-6-4-3-5-7-17/h3-11,16H,12-15H2,1-2H3,(H,21,24). The summed E-state index contributed by atoms with van der Waals surface area (Å²) in [5, 5.41) is 2.94. The van der Waals surface area contributed by atoms with E-state index in [4.69, 9.17) is 4.74 Å². The molecule has 1 aliphatic rings. The highest BCUT2D eigenvalue weighted by molar-refractivity contribution is 5.89. The maximum atomic E-state index is 12.3. The van der Waals surface area contributed by atoms with Crippen LogP contribution in [0, 0.1) is 0 Å². The van der Waals surface area contributed by atoms with Crippen molar-refractivity contribution in [1.29, 1.82) is 0 Å². The van der Waals surface area contributed by atoms with Gasteiger partial charge in [-0.1, -0.05) is 18.2 Å². The highest BCUT2D eigenvalue weighted by atomic mass is 16.5. The Balaban J connectivity index is 1.52. The van der Waals surface area contributed by atoms with E-state index in [-0.39, 0.29) is 12.1 Å². The quantitative estimate of drug-likeness (QED) is 0.921. The van der Waals surface area contributed by atoms with Crippen LogP contribution in [0.2, 0.25) is 0 Å². The van der Waals surface area contributed by atoms with E-state index in [0.717, 1.165) is 24.5 Å². The van der Waals surface area contributed by atoms with Crippen LogP contribution in [-0.2, 0) is 0 Å². The summed E-state index contributed by atoms with van der Waals surface area (Å²) in [5.41, 5.74) is 2.00. The first-order chi connectivity index (χ1) is 12.1. The van der Waals surface area contributed by atoms with Crippen LogP contribution in [0.25, 0.3) is 0 Å². The van der Waals surface area contributed by atoms with Crippen LogP contribution in [0.1, 0.15) is 13.8 Å². The number of anilines is 2. The van der Waals surface area contributed by atoms with Gasteiger partial charge in [0.1, 0.15) is 5.75 Å². The third-order valence-corrected chi connectivity index (χ3v) is 4.17. The molecule has 0 bridgehead atoms. The molecule has 0 unspecified atom stereocenters. The van der Waals surface area contributed by atoms with Crippen molar-refractivity contribution >= 4 is 17.4 Å². The Morgan fingerprint density at radius 2 is 1.60 bits per heavy atom. The molecule has 25 heavy (non-hydrogen) atoms. The van der Waals surface area contributed by atoms with Crippen molar-refractivity contribution in [3.05, 3.63) is 54.6 Å². The average Bonchev–Trinajstić information content (AvgIpc) is 2.63. The molecule has 2 aromatic rings. The molecule has 2 aromatic carbocycles. The molecular formula is C20H25N3O2. The number of carbonyl (C=O) groups is 1. The molecule has 1 aliphatic heterocycles. The van der Waals surface area contributed by atoms with Crippen molar-refractivity contribution in [2.24, 2.45) is 0 Å². The Hall–Kier alpha value is -2.69. The summed E-state index contributed by atoms with van der Waals surface area (Å²) in [6, 6.07) is 17.7. The van der Waals surface area contributed by atoms with E-state index in [2.05, 4.69) is 22.3 Å². The maximum Gasteiger partial charge on any atom is 0.321 e. The molecule has 1 saturated heterocycles. The zero-order valence-corrected chi connectivity index (χ0v) is 14.8. The van der Waals surface area contributed by atoms with Crippen molar-refractivity contribution in [3.8, 4) is 5.75 Å². The average molecular weight is 339 g/mol. The Bertz CT molecular complexity index is 678. The highest BCUT2D eigenvalue weighted by Crippen LogP contribution is 2.21. The van der Waals surface area contributed by atoms with E-state index in [1.54, 1.807) is 0 Å². The highest BCUT2D eigenvalue weighted by Gasteiger charge is 2.21. The van der Waals surface area contributed by atoms with E-state index in [9.17, 15) is 4.79 Å². The Morgan fingerprint density at radius 3 is 2.20 bits per heavy atom. The number of amides is 2. The lowest BCUT2D eigenvalue weighted by atomic mass is 10.2. The van der Waals surface area contributed by atoms with Crippen molar-refractivity contribution in [3.63, 3.8) is 0 Å². The van der Waals surface area contributed by atoms with Crippen molar-refractivity contribution in [2.45, 2.75) is 20.0 Å². The molecule has 1 heterocycles. The summed E-state index contributed by atoms with van der Waals surface area (Å²) in [6.07, 6.45) is 0.178. The summed E-state index contributed by atoms with van der Waals surface area (Å²) in [5.74, 6) is 0.889. The molecule has 3 rings (SSSR count). The van der Waals surface area contributed by atoms with Crippen molar-refractivity contribution in [1.82, 2.24) is 4.90 Å². The maximum absolute atomic E-state index is 12.3. The number of urea groups is 1. The molecule has 5 nitrogen and oxygen atoms in total. The van der Waals surface area contributed by atoms with Gasteiger partial charge in [0, 0.05) is 37.6 Å². The number of ether oxygens (including phenoxy) is 1. The van der Waals surface area contributed by atoms with Gasteiger partial charge in [0.15, 0.2) is 0 Å². The third kappa shape index (κ3) is 4.66. The number of para-hydroxylation sites is 1. The predicted octanol–water partition coefficient (Wildman–Crippen LogP) is 3.83. The minimum atomic E-state index is -0.0356. The number of nitrogens with zero attached hydrogens (tertiary/aromatic N) is 2. The normalized spacial score (nSPS) is 14.5. The van der Waals surface area contributed by atoms with E-state index >= 15 is 0 Å².